The van der Waals surface area contributed by atoms with Crippen molar-refractivity contribution in [1.29, 1.82) is 0 Å². The molecule has 1 atom stereocenters. The van der Waals surface area contributed by atoms with Gasteiger partial charge in [0.1, 0.15) is 17.3 Å². The van der Waals surface area contributed by atoms with Crippen molar-refractivity contribution in [3.63, 3.8) is 0 Å². The SMILES string of the molecule is Cc1cc(/C(O)=C2\C(=O)C(=O)N(Cc3ccncc3)C2c2cccc(OCC(C)C)c2)ccc1OCC(C)C. The van der Waals surface area contributed by atoms with Gasteiger partial charge in [-0.25, -0.2) is 0 Å². The number of pyridine rings is 1. The summed E-state index contributed by atoms with van der Waals surface area (Å²) in [6, 6.07) is 15.5. The monoisotopic (exact) mass is 528 g/mol. The number of benzene rings is 2. The average Bonchev–Trinajstić information content (AvgIpc) is 3.16. The van der Waals surface area contributed by atoms with Gasteiger partial charge in [0, 0.05) is 24.5 Å². The molecular formula is C32H36N2O5. The highest BCUT2D eigenvalue weighted by atomic mass is 16.5. The third-order valence-corrected chi connectivity index (χ3v) is 6.42. The second-order valence-electron chi connectivity index (χ2n) is 10.7. The number of likely N-dealkylation sites (tertiary alicyclic amines) is 1. The van der Waals surface area contributed by atoms with Crippen molar-refractivity contribution in [2.45, 2.75) is 47.2 Å². The van der Waals surface area contributed by atoms with Crippen LogP contribution in [-0.2, 0) is 16.1 Å². The summed E-state index contributed by atoms with van der Waals surface area (Å²) < 4.78 is 11.8. The third-order valence-electron chi connectivity index (χ3n) is 6.42. The van der Waals surface area contributed by atoms with E-state index in [1.165, 1.54) is 4.90 Å². The second-order valence-corrected chi connectivity index (χ2v) is 10.7. The van der Waals surface area contributed by atoms with Crippen molar-refractivity contribution in [2.75, 3.05) is 13.2 Å². The Hall–Kier alpha value is -4.13. The number of carbonyl (C=O) groups is 2. The lowest BCUT2D eigenvalue weighted by atomic mass is 9.94. The second kappa shape index (κ2) is 12.2. The quantitative estimate of drug-likeness (QED) is 0.195. The maximum Gasteiger partial charge on any atom is 0.295 e. The lowest BCUT2D eigenvalue weighted by Gasteiger charge is -2.26. The van der Waals surface area contributed by atoms with E-state index in [0.717, 1.165) is 11.1 Å². The van der Waals surface area contributed by atoms with Crippen molar-refractivity contribution < 1.29 is 24.2 Å². The van der Waals surface area contributed by atoms with E-state index < -0.39 is 17.7 Å². The molecule has 39 heavy (non-hydrogen) atoms. The topological polar surface area (TPSA) is 89.0 Å². The van der Waals surface area contributed by atoms with Crippen molar-refractivity contribution in [3.8, 4) is 11.5 Å². The number of hydrogen-bond acceptors (Lipinski definition) is 6. The Labute approximate surface area is 230 Å². The van der Waals surface area contributed by atoms with E-state index in [0.29, 0.717) is 47.7 Å². The molecule has 1 aliphatic heterocycles. The number of aliphatic hydroxyl groups excluding tert-OH is 1. The van der Waals surface area contributed by atoms with Gasteiger partial charge >= 0.3 is 0 Å². The maximum absolute atomic E-state index is 13.5. The van der Waals surface area contributed by atoms with Gasteiger partial charge in [0.25, 0.3) is 11.7 Å². The summed E-state index contributed by atoms with van der Waals surface area (Å²) in [5.74, 6) is 0.444. The molecule has 0 bridgehead atoms. The van der Waals surface area contributed by atoms with E-state index in [1.54, 1.807) is 42.7 Å². The maximum atomic E-state index is 13.5. The van der Waals surface area contributed by atoms with Crippen molar-refractivity contribution in [2.24, 2.45) is 11.8 Å². The highest BCUT2D eigenvalue weighted by molar-refractivity contribution is 6.46. The smallest absolute Gasteiger partial charge is 0.295 e. The number of aliphatic hydroxyl groups is 1. The first-order valence-corrected chi connectivity index (χ1v) is 13.3. The molecule has 1 aliphatic rings. The van der Waals surface area contributed by atoms with Crippen molar-refractivity contribution in [1.82, 2.24) is 9.88 Å². The highest BCUT2D eigenvalue weighted by Crippen LogP contribution is 2.41. The minimum Gasteiger partial charge on any atom is -0.507 e. The summed E-state index contributed by atoms with van der Waals surface area (Å²) >= 11 is 0. The van der Waals surface area contributed by atoms with E-state index in [2.05, 4.69) is 32.7 Å². The van der Waals surface area contributed by atoms with E-state index in [9.17, 15) is 14.7 Å². The molecule has 0 saturated carbocycles. The summed E-state index contributed by atoms with van der Waals surface area (Å²) in [7, 11) is 0. The van der Waals surface area contributed by atoms with E-state index in [-0.39, 0.29) is 17.9 Å². The van der Waals surface area contributed by atoms with Crippen LogP contribution in [0.1, 0.15) is 56.0 Å². The molecule has 204 valence electrons. The lowest BCUT2D eigenvalue weighted by molar-refractivity contribution is -0.140. The first-order chi connectivity index (χ1) is 18.7. The molecule has 3 aromatic rings. The van der Waals surface area contributed by atoms with Crippen LogP contribution in [0.2, 0.25) is 0 Å². The number of nitrogens with zero attached hydrogens (tertiary/aromatic N) is 2. The number of Topliss-reactive ketones (excluding diaryl/α,β-unsaturated/α-hetero) is 1. The van der Waals surface area contributed by atoms with Crippen LogP contribution in [0.3, 0.4) is 0 Å². The summed E-state index contributed by atoms with van der Waals surface area (Å²) in [5, 5.41) is 11.5. The number of amides is 1. The van der Waals surface area contributed by atoms with Gasteiger partial charge in [-0.2, -0.15) is 0 Å². The Bertz CT molecular complexity index is 1360. The Morgan fingerprint density at radius 1 is 0.949 bits per heavy atom. The van der Waals surface area contributed by atoms with Crippen LogP contribution in [0.5, 0.6) is 11.5 Å². The van der Waals surface area contributed by atoms with Gasteiger partial charge in [0.05, 0.1) is 24.8 Å². The fourth-order valence-electron chi connectivity index (χ4n) is 4.48. The van der Waals surface area contributed by atoms with Gasteiger partial charge in [-0.15, -0.1) is 0 Å². The number of ether oxygens (including phenoxy) is 2. The molecule has 4 rings (SSSR count). The predicted octanol–water partition coefficient (Wildman–Crippen LogP) is 6.08. The zero-order valence-electron chi connectivity index (χ0n) is 23.2. The fourth-order valence-corrected chi connectivity index (χ4v) is 4.48. The van der Waals surface area contributed by atoms with E-state index in [4.69, 9.17) is 9.47 Å². The largest absolute Gasteiger partial charge is 0.507 e. The van der Waals surface area contributed by atoms with Crippen LogP contribution in [0.4, 0.5) is 0 Å². The number of aromatic nitrogens is 1. The Balaban J connectivity index is 1.79. The van der Waals surface area contributed by atoms with Crippen LogP contribution in [0.25, 0.3) is 5.76 Å². The van der Waals surface area contributed by atoms with Crippen LogP contribution in [0, 0.1) is 18.8 Å². The number of rotatable bonds is 10. The van der Waals surface area contributed by atoms with Crippen LogP contribution in [-0.4, -0.2) is 39.9 Å². The summed E-state index contributed by atoms with van der Waals surface area (Å²) in [6.07, 6.45) is 3.29. The highest BCUT2D eigenvalue weighted by Gasteiger charge is 2.46. The molecule has 1 saturated heterocycles. The molecule has 0 spiro atoms. The van der Waals surface area contributed by atoms with Crippen molar-refractivity contribution in [3.05, 3.63) is 94.8 Å². The minimum atomic E-state index is -0.794. The van der Waals surface area contributed by atoms with Crippen LogP contribution < -0.4 is 9.47 Å². The fraction of sp³-hybridized carbons (Fsp3) is 0.344. The van der Waals surface area contributed by atoms with Gasteiger partial charge in [-0.1, -0.05) is 39.8 Å². The Kier molecular flexibility index (Phi) is 8.69. The molecule has 0 radical (unpaired) electrons. The van der Waals surface area contributed by atoms with Gasteiger partial charge in [-0.3, -0.25) is 14.6 Å². The zero-order chi connectivity index (χ0) is 28.1. The Morgan fingerprint density at radius 2 is 1.64 bits per heavy atom. The number of carbonyl (C=O) groups excluding carboxylic acids is 2. The van der Waals surface area contributed by atoms with Crippen LogP contribution in [0.15, 0.2) is 72.6 Å². The molecule has 1 amide bonds. The average molecular weight is 529 g/mol. The first-order valence-electron chi connectivity index (χ1n) is 13.3. The van der Waals surface area contributed by atoms with Gasteiger partial charge in [-0.05, 0) is 77.9 Å². The lowest BCUT2D eigenvalue weighted by Crippen LogP contribution is -2.29. The minimum absolute atomic E-state index is 0.0466. The molecule has 0 aliphatic carbocycles. The van der Waals surface area contributed by atoms with Gasteiger partial charge in [0.15, 0.2) is 0 Å². The number of aryl methyl sites for hydroxylation is 1. The van der Waals surface area contributed by atoms with Crippen LogP contribution >= 0.6 is 0 Å². The van der Waals surface area contributed by atoms with E-state index >= 15 is 0 Å². The summed E-state index contributed by atoms with van der Waals surface area (Å²) in [6.45, 7) is 11.5. The molecule has 2 heterocycles. The number of ketones is 1. The van der Waals surface area contributed by atoms with Crippen molar-refractivity contribution >= 4 is 17.4 Å². The van der Waals surface area contributed by atoms with E-state index in [1.807, 2.05) is 31.2 Å². The number of hydrogen-bond donors (Lipinski definition) is 1. The molecule has 1 aromatic heterocycles. The summed E-state index contributed by atoms with van der Waals surface area (Å²) in [5.41, 5.74) is 2.83. The van der Waals surface area contributed by atoms with Gasteiger partial charge in [0.2, 0.25) is 0 Å². The molecule has 7 nitrogen and oxygen atoms in total. The summed E-state index contributed by atoms with van der Waals surface area (Å²) in [4.78, 5) is 32.4. The molecule has 1 N–H and O–H groups in total. The normalized spacial score (nSPS) is 16.8. The molecule has 1 fully saturated rings. The molecular weight excluding hydrogens is 492 g/mol. The van der Waals surface area contributed by atoms with Gasteiger partial charge < -0.3 is 19.5 Å². The molecule has 7 heteroatoms. The first kappa shape index (κ1) is 27.9. The molecule has 1 unspecified atom stereocenters. The third kappa shape index (κ3) is 6.48. The standard InChI is InChI=1S/C32H36N2O5/c1-20(2)18-38-26-8-6-7-24(16-26)29-28(31(36)32(37)34(29)17-23-11-13-33-14-12-23)30(35)25-9-10-27(22(5)15-25)39-19-21(3)4/h6-16,20-21,29,35H,17-19H2,1-5H3/b30-28+. The Morgan fingerprint density at radius 3 is 2.31 bits per heavy atom. The zero-order valence-corrected chi connectivity index (χ0v) is 23.2. The predicted molar refractivity (Wildman–Crippen MR) is 150 cm³/mol. The molecule has 2 aromatic carbocycles.